The number of nitrogens with zero attached hydrogens (tertiary/aromatic N) is 3. The SMILES string of the molecule is CC(C)C[C@H](CC(=O)[C@H](Cc1ccccc1)NC(=O)c1cnccn1)[B-]12OC(=O)C[N+]1(C)CC(=O)O2. The highest BCUT2D eigenvalue weighted by molar-refractivity contribution is 6.67. The fourth-order valence-electron chi connectivity index (χ4n) is 5.49. The average Bonchev–Trinajstić information content (AvgIpc) is 3.22. The monoisotopic (exact) mass is 494 g/mol. The molecule has 2 aliphatic heterocycles. The summed E-state index contributed by atoms with van der Waals surface area (Å²) < 4.78 is 11.5. The standard InChI is InChI=1S/C25H31BN4O6/c1-17(2)11-19(26-30(3,15-23(32)35-26)16-24(33)36-26)13-22(31)20(12-18-7-5-4-6-8-18)29-25(34)21-14-27-9-10-28-21/h4-10,14,17,19-20H,11-13,15-16H2,1-3H3,(H,29,34)/t19-,20+,26?,30?/m1/s1. The molecule has 10 nitrogen and oxygen atoms in total. The van der Waals surface area contributed by atoms with E-state index in [-0.39, 0.29) is 47.7 Å². The van der Waals surface area contributed by atoms with E-state index >= 15 is 0 Å². The summed E-state index contributed by atoms with van der Waals surface area (Å²) in [7, 11) is 1.77. The zero-order valence-corrected chi connectivity index (χ0v) is 20.8. The smallest absolute Gasteiger partial charge is 0.587 e. The first-order valence-electron chi connectivity index (χ1n) is 12.2. The van der Waals surface area contributed by atoms with E-state index in [9.17, 15) is 19.2 Å². The Balaban J connectivity index is 1.62. The second kappa shape index (κ2) is 10.2. The van der Waals surface area contributed by atoms with Gasteiger partial charge in [-0.05, 0) is 30.1 Å². The van der Waals surface area contributed by atoms with E-state index in [1.807, 2.05) is 44.2 Å². The number of aromatic nitrogens is 2. The summed E-state index contributed by atoms with van der Waals surface area (Å²) in [5.41, 5.74) is 0.975. The van der Waals surface area contributed by atoms with Crippen LogP contribution in [0.2, 0.25) is 5.82 Å². The lowest BCUT2D eigenvalue weighted by Crippen LogP contribution is -2.63. The molecular weight excluding hydrogens is 463 g/mol. The highest BCUT2D eigenvalue weighted by Gasteiger charge is 2.68. The van der Waals surface area contributed by atoms with Crippen LogP contribution in [0.4, 0.5) is 0 Å². The molecule has 1 aromatic carbocycles. The second-order valence-electron chi connectivity index (χ2n) is 10.4. The van der Waals surface area contributed by atoms with Gasteiger partial charge in [0.05, 0.1) is 12.2 Å². The average molecular weight is 494 g/mol. The highest BCUT2D eigenvalue weighted by Crippen LogP contribution is 2.46. The first kappa shape index (κ1) is 25.5. The van der Waals surface area contributed by atoms with Crippen molar-refractivity contribution in [2.75, 3.05) is 20.1 Å². The molecule has 2 saturated heterocycles. The summed E-state index contributed by atoms with van der Waals surface area (Å²) in [6.45, 7) is 1.62. The largest absolute Gasteiger partial charge is 0.600 e. The molecule has 0 radical (unpaired) electrons. The van der Waals surface area contributed by atoms with Crippen LogP contribution in [0.25, 0.3) is 0 Å². The minimum absolute atomic E-state index is 0.0116. The molecule has 4 rings (SSSR count). The maximum Gasteiger partial charge on any atom is 0.587 e. The third-order valence-electron chi connectivity index (χ3n) is 7.06. The van der Waals surface area contributed by atoms with E-state index < -0.39 is 36.4 Å². The van der Waals surface area contributed by atoms with Crippen molar-refractivity contribution in [3.63, 3.8) is 0 Å². The molecule has 36 heavy (non-hydrogen) atoms. The summed E-state index contributed by atoms with van der Waals surface area (Å²) in [6, 6.07) is 8.51. The van der Waals surface area contributed by atoms with Crippen molar-refractivity contribution >= 4 is 30.3 Å². The normalized spacial score (nSPS) is 24.6. The lowest BCUT2D eigenvalue weighted by atomic mass is 9.52. The predicted octanol–water partition coefficient (Wildman–Crippen LogP) is 1.69. The molecule has 11 heteroatoms. The number of fused-ring (bicyclic) bond motifs is 1. The van der Waals surface area contributed by atoms with E-state index in [0.717, 1.165) is 5.56 Å². The Kier molecular flexibility index (Phi) is 7.21. The second-order valence-corrected chi connectivity index (χ2v) is 10.4. The molecule has 1 aromatic heterocycles. The number of benzene rings is 1. The molecule has 0 unspecified atom stereocenters. The number of quaternary nitrogens is 1. The topological polar surface area (TPSA) is 125 Å². The van der Waals surface area contributed by atoms with Crippen LogP contribution in [0.1, 0.15) is 42.7 Å². The summed E-state index contributed by atoms with van der Waals surface area (Å²) in [5, 5.41) is 2.81. The first-order valence-corrected chi connectivity index (χ1v) is 12.2. The molecule has 0 spiro atoms. The summed E-state index contributed by atoms with van der Waals surface area (Å²) in [6.07, 6.45) is 4.96. The van der Waals surface area contributed by atoms with Crippen LogP contribution in [0.15, 0.2) is 48.9 Å². The van der Waals surface area contributed by atoms with Gasteiger partial charge in [-0.2, -0.15) is 0 Å². The van der Waals surface area contributed by atoms with Gasteiger partial charge in [0.25, 0.3) is 5.91 Å². The quantitative estimate of drug-likeness (QED) is 0.495. The molecule has 1 N–H and O–H groups in total. The van der Waals surface area contributed by atoms with Crippen LogP contribution in [0, 0.1) is 5.92 Å². The Labute approximate surface area is 210 Å². The van der Waals surface area contributed by atoms with Crippen LogP contribution in [-0.2, 0) is 30.1 Å². The molecule has 1 amide bonds. The van der Waals surface area contributed by atoms with Crippen LogP contribution >= 0.6 is 0 Å². The minimum atomic E-state index is -2.41. The van der Waals surface area contributed by atoms with Crippen molar-refractivity contribution in [1.29, 1.82) is 0 Å². The minimum Gasteiger partial charge on any atom is -0.600 e. The van der Waals surface area contributed by atoms with Crippen LogP contribution in [0.5, 0.6) is 0 Å². The third-order valence-corrected chi connectivity index (χ3v) is 7.06. The molecule has 2 atom stereocenters. The van der Waals surface area contributed by atoms with Gasteiger partial charge in [-0.25, -0.2) is 4.98 Å². The van der Waals surface area contributed by atoms with E-state index in [0.29, 0.717) is 6.42 Å². The number of hydrogen-bond donors (Lipinski definition) is 1. The van der Waals surface area contributed by atoms with E-state index in [4.69, 9.17) is 9.31 Å². The lowest BCUT2D eigenvalue weighted by molar-refractivity contribution is -0.794. The van der Waals surface area contributed by atoms with E-state index in [2.05, 4.69) is 15.3 Å². The van der Waals surface area contributed by atoms with Crippen molar-refractivity contribution in [2.24, 2.45) is 5.92 Å². The van der Waals surface area contributed by atoms with Crippen molar-refractivity contribution in [2.45, 2.75) is 45.0 Å². The maximum absolute atomic E-state index is 13.8. The molecule has 190 valence electrons. The van der Waals surface area contributed by atoms with Gasteiger partial charge < -0.3 is 19.0 Å². The number of ketones is 1. The van der Waals surface area contributed by atoms with Crippen LogP contribution in [-0.4, -0.2) is 70.9 Å². The number of Topliss-reactive ketones (excluding diaryl/α,β-unsaturated/α-hetero) is 1. The van der Waals surface area contributed by atoms with Gasteiger partial charge >= 0.3 is 18.6 Å². The van der Waals surface area contributed by atoms with Crippen molar-refractivity contribution < 1.29 is 32.9 Å². The molecular formula is C25H31BN4O6. The van der Waals surface area contributed by atoms with Gasteiger partial charge in [0, 0.05) is 19.4 Å². The van der Waals surface area contributed by atoms with Crippen LogP contribution < -0.4 is 5.32 Å². The Morgan fingerprint density at radius 1 is 1.08 bits per heavy atom. The fraction of sp³-hybridized carbons (Fsp3) is 0.440. The molecule has 0 saturated carbocycles. The number of nitrogens with one attached hydrogen (secondary N) is 1. The summed E-state index contributed by atoms with van der Waals surface area (Å²) in [5.74, 6) is -2.01. The fourth-order valence-corrected chi connectivity index (χ4v) is 5.49. The van der Waals surface area contributed by atoms with E-state index in [1.54, 1.807) is 7.05 Å². The maximum atomic E-state index is 13.8. The summed E-state index contributed by atoms with van der Waals surface area (Å²) >= 11 is 0. The van der Waals surface area contributed by atoms with Gasteiger partial charge in [0.15, 0.2) is 5.78 Å². The summed E-state index contributed by atoms with van der Waals surface area (Å²) in [4.78, 5) is 59.3. The molecule has 3 heterocycles. The Bertz CT molecular complexity index is 1120. The number of amides is 1. The van der Waals surface area contributed by atoms with Gasteiger partial charge in [-0.15, -0.1) is 0 Å². The zero-order valence-electron chi connectivity index (χ0n) is 20.8. The number of likely N-dealkylation sites (N-methyl/N-ethyl adjacent to an activating group) is 1. The van der Waals surface area contributed by atoms with Crippen molar-refractivity contribution in [3.8, 4) is 0 Å². The van der Waals surface area contributed by atoms with Crippen molar-refractivity contribution in [1.82, 2.24) is 15.3 Å². The number of carbonyl (C=O) groups is 4. The number of rotatable bonds is 10. The number of hydrogen-bond acceptors (Lipinski definition) is 8. The van der Waals surface area contributed by atoms with Gasteiger partial charge in [-0.3, -0.25) is 24.2 Å². The Morgan fingerprint density at radius 3 is 2.33 bits per heavy atom. The Morgan fingerprint density at radius 2 is 1.75 bits per heavy atom. The Hall–Kier alpha value is -3.60. The van der Waals surface area contributed by atoms with Crippen LogP contribution in [0.3, 0.4) is 0 Å². The lowest BCUT2D eigenvalue weighted by Gasteiger charge is -2.45. The first-order chi connectivity index (χ1) is 17.1. The van der Waals surface area contributed by atoms with Crippen molar-refractivity contribution in [3.05, 3.63) is 60.2 Å². The molecule has 2 fully saturated rings. The predicted molar refractivity (Wildman–Crippen MR) is 130 cm³/mol. The number of carbonyl (C=O) groups excluding carboxylic acids is 4. The molecule has 2 aliphatic rings. The van der Waals surface area contributed by atoms with Gasteiger partial charge in [0.2, 0.25) is 0 Å². The third kappa shape index (κ3) is 5.16. The molecule has 0 aliphatic carbocycles. The zero-order chi connectivity index (χ0) is 25.9. The van der Waals surface area contributed by atoms with Gasteiger partial charge in [0.1, 0.15) is 18.8 Å². The van der Waals surface area contributed by atoms with E-state index in [1.165, 1.54) is 18.6 Å². The highest BCUT2D eigenvalue weighted by atomic mass is 16.7. The van der Waals surface area contributed by atoms with Gasteiger partial charge in [-0.1, -0.05) is 50.6 Å². The molecule has 2 aromatic rings. The molecule has 0 bridgehead atoms.